The molecule has 0 aromatic rings. The van der Waals surface area contributed by atoms with E-state index >= 15 is 0 Å². The van der Waals surface area contributed by atoms with Crippen LogP contribution in [0.3, 0.4) is 0 Å². The monoisotopic (exact) mass is 284 g/mol. The summed E-state index contributed by atoms with van der Waals surface area (Å²) < 4.78 is 88.5. The summed E-state index contributed by atoms with van der Waals surface area (Å²) in [6.45, 7) is -0.680. The van der Waals surface area contributed by atoms with E-state index in [1.165, 1.54) is 0 Å². The van der Waals surface area contributed by atoms with Crippen molar-refractivity contribution >= 4 is 0 Å². The van der Waals surface area contributed by atoms with Crippen molar-refractivity contribution in [1.82, 2.24) is 0 Å². The topological polar surface area (TPSA) is 18.5 Å². The van der Waals surface area contributed by atoms with Crippen molar-refractivity contribution < 1.29 is 40.2 Å². The summed E-state index contributed by atoms with van der Waals surface area (Å²) in [7, 11) is 0. The summed E-state index contributed by atoms with van der Waals surface area (Å²) in [5.41, 5.74) is 0. The number of hydrogen-bond acceptors (Lipinski definition) is 2. The van der Waals surface area contributed by atoms with Crippen molar-refractivity contribution in [3.8, 4) is 0 Å². The van der Waals surface area contributed by atoms with Gasteiger partial charge in [0, 0.05) is 6.61 Å². The average molecular weight is 284 g/mol. The summed E-state index contributed by atoms with van der Waals surface area (Å²) in [6, 6.07) is 0. The third-order valence-electron chi connectivity index (χ3n) is 2.34. The summed E-state index contributed by atoms with van der Waals surface area (Å²) >= 11 is 0. The first-order valence-electron chi connectivity index (χ1n) is 5.11. The Morgan fingerprint density at radius 1 is 1.11 bits per heavy atom. The smallest absolute Gasteiger partial charge is 0.378 e. The molecule has 0 aliphatic carbocycles. The molecule has 0 spiro atoms. The highest BCUT2D eigenvalue weighted by Crippen LogP contribution is 2.43. The van der Waals surface area contributed by atoms with Gasteiger partial charge in [0.05, 0.1) is 12.5 Å². The van der Waals surface area contributed by atoms with Gasteiger partial charge in [-0.25, -0.2) is 0 Å². The van der Waals surface area contributed by atoms with E-state index in [2.05, 4.69) is 4.74 Å². The minimum absolute atomic E-state index is 0.487. The van der Waals surface area contributed by atoms with E-state index in [-0.39, 0.29) is 0 Å². The predicted octanol–water partition coefficient (Wildman–Crippen LogP) is 3.36. The molecule has 0 amide bonds. The van der Waals surface area contributed by atoms with Gasteiger partial charge in [0.2, 0.25) is 0 Å². The number of alkyl halides is 7. The van der Waals surface area contributed by atoms with E-state index in [4.69, 9.17) is 4.74 Å². The summed E-state index contributed by atoms with van der Waals surface area (Å²) in [5.74, 6) is -3.94. The molecule has 2 rings (SSSR count). The second-order valence-corrected chi connectivity index (χ2v) is 3.96. The molecule has 0 radical (unpaired) electrons. The van der Waals surface area contributed by atoms with Crippen LogP contribution in [0.25, 0.3) is 0 Å². The zero-order chi connectivity index (χ0) is 14.0. The Morgan fingerprint density at radius 2 is 1.67 bits per heavy atom. The van der Waals surface area contributed by atoms with Crippen molar-refractivity contribution in [3.63, 3.8) is 0 Å². The fraction of sp³-hybridized carbons (Fsp3) is 1.00. The van der Waals surface area contributed by atoms with Crippen LogP contribution in [-0.4, -0.2) is 37.5 Å². The maximum absolute atomic E-state index is 11.6. The van der Waals surface area contributed by atoms with Crippen molar-refractivity contribution in [2.45, 2.75) is 43.6 Å². The molecule has 2 aliphatic heterocycles. The van der Waals surface area contributed by atoms with E-state index in [9.17, 15) is 30.7 Å². The molecule has 2 aliphatic rings. The van der Waals surface area contributed by atoms with Crippen LogP contribution in [0, 0.1) is 0 Å². The fourth-order valence-electron chi connectivity index (χ4n) is 1.35. The first-order chi connectivity index (χ1) is 8.04. The average Bonchev–Trinajstić information content (AvgIpc) is 2.67. The Kier molecular flexibility index (Phi) is 4.47. The first-order valence-corrected chi connectivity index (χ1v) is 5.11. The van der Waals surface area contributed by atoms with Crippen molar-refractivity contribution in [2.24, 2.45) is 0 Å². The van der Waals surface area contributed by atoms with Crippen molar-refractivity contribution in [1.29, 1.82) is 0 Å². The summed E-state index contributed by atoms with van der Waals surface area (Å²) in [6.07, 6.45) is -8.31. The molecule has 2 fully saturated rings. The molecule has 0 aromatic heterocycles. The molecule has 1 atom stereocenters. The number of ether oxygens (including phenoxy) is 2. The van der Waals surface area contributed by atoms with Gasteiger partial charge in [-0.3, -0.25) is 0 Å². The highest BCUT2D eigenvalue weighted by molar-refractivity contribution is 4.85. The van der Waals surface area contributed by atoms with Crippen LogP contribution in [0.15, 0.2) is 0 Å². The van der Waals surface area contributed by atoms with Crippen molar-refractivity contribution in [2.75, 3.05) is 13.2 Å². The van der Waals surface area contributed by atoms with Gasteiger partial charge in [0.1, 0.15) is 6.61 Å². The summed E-state index contributed by atoms with van der Waals surface area (Å²) in [5, 5.41) is 0. The molecule has 0 bridgehead atoms. The second kappa shape index (κ2) is 5.20. The molecule has 0 N–H and O–H groups in total. The first kappa shape index (κ1) is 15.5. The lowest BCUT2D eigenvalue weighted by Crippen LogP contribution is -2.57. The van der Waals surface area contributed by atoms with Crippen LogP contribution in [0.1, 0.15) is 19.3 Å². The van der Waals surface area contributed by atoms with Gasteiger partial charge in [-0.15, -0.1) is 0 Å². The molecule has 108 valence electrons. The lowest BCUT2D eigenvalue weighted by atomic mass is 10.2. The standard InChI is InChI=1S/C6H9F3O.C3H2F4O/c7-6(8,9)4-5-2-1-3-10-5;4-2(5)1-8-3(2,6)7/h5H,1-4H2;1H2. The van der Waals surface area contributed by atoms with E-state index in [1.54, 1.807) is 0 Å². The molecule has 2 nitrogen and oxygen atoms in total. The fourth-order valence-corrected chi connectivity index (χ4v) is 1.35. The molecule has 1 unspecified atom stereocenters. The van der Waals surface area contributed by atoms with Gasteiger partial charge < -0.3 is 9.47 Å². The quantitative estimate of drug-likeness (QED) is 0.687. The molecular formula is C9H11F7O2. The normalized spacial score (nSPS) is 29.2. The van der Waals surface area contributed by atoms with E-state index < -0.39 is 37.3 Å². The highest BCUT2D eigenvalue weighted by atomic mass is 19.4. The zero-order valence-electron chi connectivity index (χ0n) is 9.08. The molecule has 0 saturated carbocycles. The Morgan fingerprint density at radius 3 is 1.89 bits per heavy atom. The van der Waals surface area contributed by atoms with Crippen LogP contribution in [0.2, 0.25) is 0 Å². The molecule has 2 saturated heterocycles. The largest absolute Gasteiger partial charge is 0.422 e. The van der Waals surface area contributed by atoms with Gasteiger partial charge in [-0.05, 0) is 12.8 Å². The maximum Gasteiger partial charge on any atom is 0.422 e. The number of rotatable bonds is 1. The Bertz CT molecular complexity index is 257. The van der Waals surface area contributed by atoms with E-state index in [0.717, 1.165) is 6.42 Å². The third kappa shape index (κ3) is 4.27. The third-order valence-corrected chi connectivity index (χ3v) is 2.34. The van der Waals surface area contributed by atoms with Gasteiger partial charge >= 0.3 is 18.2 Å². The number of halogens is 7. The van der Waals surface area contributed by atoms with Crippen LogP contribution in [0.5, 0.6) is 0 Å². The van der Waals surface area contributed by atoms with Crippen molar-refractivity contribution in [3.05, 3.63) is 0 Å². The van der Waals surface area contributed by atoms with E-state index in [1.807, 2.05) is 0 Å². The lowest BCUT2D eigenvalue weighted by Gasteiger charge is -2.34. The Balaban J connectivity index is 0.000000184. The zero-order valence-corrected chi connectivity index (χ0v) is 9.08. The van der Waals surface area contributed by atoms with E-state index in [0.29, 0.717) is 13.0 Å². The highest BCUT2D eigenvalue weighted by Gasteiger charge is 2.67. The SMILES string of the molecule is FC(F)(F)CC1CCCO1.FC1(F)COC1(F)F. The minimum atomic E-state index is -4.22. The Hall–Kier alpha value is -0.570. The summed E-state index contributed by atoms with van der Waals surface area (Å²) in [4.78, 5) is 0. The number of hydrogen-bond donors (Lipinski definition) is 0. The molecular weight excluding hydrogens is 273 g/mol. The van der Waals surface area contributed by atoms with Gasteiger partial charge in [-0.1, -0.05) is 0 Å². The molecule has 9 heteroatoms. The van der Waals surface area contributed by atoms with Crippen LogP contribution in [-0.2, 0) is 9.47 Å². The predicted molar refractivity (Wildman–Crippen MR) is 45.5 cm³/mol. The second-order valence-electron chi connectivity index (χ2n) is 3.96. The Labute approximate surface area is 98.0 Å². The van der Waals surface area contributed by atoms with Crippen LogP contribution < -0.4 is 0 Å². The molecule has 0 aromatic carbocycles. The van der Waals surface area contributed by atoms with Crippen LogP contribution >= 0.6 is 0 Å². The lowest BCUT2D eigenvalue weighted by molar-refractivity contribution is -0.441. The molecule has 18 heavy (non-hydrogen) atoms. The van der Waals surface area contributed by atoms with Gasteiger partial charge in [0.15, 0.2) is 0 Å². The van der Waals surface area contributed by atoms with Crippen LogP contribution in [0.4, 0.5) is 30.7 Å². The maximum atomic E-state index is 11.6. The van der Waals surface area contributed by atoms with Gasteiger partial charge in [-0.2, -0.15) is 30.7 Å². The molecule has 2 heterocycles. The minimum Gasteiger partial charge on any atom is -0.378 e. The van der Waals surface area contributed by atoms with Gasteiger partial charge in [0.25, 0.3) is 0 Å².